The number of aromatic nitrogens is 2. The summed E-state index contributed by atoms with van der Waals surface area (Å²) in [7, 11) is 0. The van der Waals surface area contributed by atoms with Crippen LogP contribution in [-0.2, 0) is 9.57 Å². The fourth-order valence-electron chi connectivity index (χ4n) is 2.51. The van der Waals surface area contributed by atoms with Gasteiger partial charge in [-0.25, -0.2) is 9.97 Å². The van der Waals surface area contributed by atoms with Crippen LogP contribution in [-0.4, -0.2) is 33.6 Å². The number of benzene rings is 1. The number of oxime groups is 1. The van der Waals surface area contributed by atoms with E-state index in [-0.39, 0.29) is 5.05 Å². The van der Waals surface area contributed by atoms with Crippen molar-refractivity contribution in [2.45, 2.75) is 25.6 Å². The van der Waals surface area contributed by atoms with Crippen LogP contribution in [0.4, 0.5) is 5.13 Å². The van der Waals surface area contributed by atoms with E-state index in [1.165, 1.54) is 22.7 Å². The van der Waals surface area contributed by atoms with Gasteiger partial charge in [0.05, 0.1) is 16.8 Å². The monoisotopic (exact) mass is 420 g/mol. The summed E-state index contributed by atoms with van der Waals surface area (Å²) in [5, 5.41) is 6.90. The lowest BCUT2D eigenvalue weighted by molar-refractivity contribution is -0.162. The van der Waals surface area contributed by atoms with E-state index in [1.807, 2.05) is 24.3 Å². The second kappa shape index (κ2) is 8.26. The highest BCUT2D eigenvalue weighted by atomic mass is 32.1. The second-order valence-corrected chi connectivity index (χ2v) is 8.00. The van der Waals surface area contributed by atoms with Gasteiger partial charge in [0.25, 0.3) is 5.19 Å². The van der Waals surface area contributed by atoms with Gasteiger partial charge in [-0.3, -0.25) is 0 Å². The van der Waals surface area contributed by atoms with E-state index >= 15 is 0 Å². The van der Waals surface area contributed by atoms with E-state index in [9.17, 15) is 0 Å². The van der Waals surface area contributed by atoms with Gasteiger partial charge < -0.3 is 20.0 Å². The zero-order chi connectivity index (χ0) is 18.6. The van der Waals surface area contributed by atoms with Crippen molar-refractivity contribution in [2.24, 2.45) is 5.16 Å². The average molecular weight is 421 g/mol. The zero-order valence-electron chi connectivity index (χ0n) is 14.2. The smallest absolute Gasteiger partial charge is 0.280 e. The summed E-state index contributed by atoms with van der Waals surface area (Å²) in [5.74, 6) is 0. The first-order valence-corrected chi connectivity index (χ1v) is 10.4. The molecule has 0 spiro atoms. The summed E-state index contributed by atoms with van der Waals surface area (Å²) >= 11 is 8.14. The van der Waals surface area contributed by atoms with E-state index in [2.05, 4.69) is 15.1 Å². The van der Waals surface area contributed by atoms with Crippen LogP contribution in [0, 0.1) is 0 Å². The molecule has 0 saturated carbocycles. The van der Waals surface area contributed by atoms with Crippen molar-refractivity contribution in [3.8, 4) is 5.19 Å². The number of nitrogens with zero attached hydrogens (tertiary/aromatic N) is 3. The van der Waals surface area contributed by atoms with Crippen LogP contribution < -0.4 is 10.5 Å². The Morgan fingerprint density at radius 3 is 2.93 bits per heavy atom. The Kier molecular flexibility index (Phi) is 5.58. The number of anilines is 1. The number of ether oxygens (including phenoxy) is 2. The molecule has 4 rings (SSSR count). The maximum atomic E-state index is 5.78. The van der Waals surface area contributed by atoms with Crippen molar-refractivity contribution >= 4 is 61.0 Å². The molecular weight excluding hydrogens is 404 g/mol. The molecule has 1 aromatic carbocycles. The molecule has 3 aromatic rings. The maximum Gasteiger partial charge on any atom is 0.280 e. The molecule has 0 amide bonds. The molecule has 0 radical (unpaired) electrons. The molecular formula is C17H16N4O3S3. The Hall–Kier alpha value is -2.14. The Morgan fingerprint density at radius 1 is 1.30 bits per heavy atom. The van der Waals surface area contributed by atoms with Gasteiger partial charge in [-0.05, 0) is 37.2 Å². The van der Waals surface area contributed by atoms with Crippen LogP contribution in [0.25, 0.3) is 10.2 Å². The Morgan fingerprint density at radius 2 is 2.19 bits per heavy atom. The minimum absolute atomic E-state index is 0.121. The van der Waals surface area contributed by atoms with Crippen LogP contribution >= 0.6 is 34.9 Å². The van der Waals surface area contributed by atoms with Crippen molar-refractivity contribution in [1.29, 1.82) is 0 Å². The maximum absolute atomic E-state index is 5.78. The fraction of sp³-hybridized carbons (Fsp3) is 0.294. The minimum atomic E-state index is -0.394. The first kappa shape index (κ1) is 18.2. The molecule has 3 heterocycles. The number of thiazole rings is 2. The van der Waals surface area contributed by atoms with Crippen LogP contribution in [0.1, 0.15) is 25.0 Å². The van der Waals surface area contributed by atoms with Gasteiger partial charge in [0.15, 0.2) is 10.8 Å². The Bertz CT molecular complexity index is 946. The number of rotatable bonds is 5. The molecule has 1 fully saturated rings. The van der Waals surface area contributed by atoms with E-state index in [4.69, 9.17) is 32.3 Å². The third kappa shape index (κ3) is 4.41. The lowest BCUT2D eigenvalue weighted by atomic mass is 10.2. The first-order chi connectivity index (χ1) is 13.2. The van der Waals surface area contributed by atoms with Gasteiger partial charge in [0.1, 0.15) is 5.69 Å². The number of para-hydroxylation sites is 1. The molecule has 140 valence electrons. The van der Waals surface area contributed by atoms with Crippen molar-refractivity contribution in [1.82, 2.24) is 9.97 Å². The first-order valence-electron chi connectivity index (χ1n) is 8.33. The molecule has 1 aliphatic rings. The number of fused-ring (bicyclic) bond motifs is 1. The fourth-order valence-corrected chi connectivity index (χ4v) is 4.16. The molecule has 7 nitrogen and oxygen atoms in total. The minimum Gasteiger partial charge on any atom is -0.416 e. The summed E-state index contributed by atoms with van der Waals surface area (Å²) in [4.78, 5) is 14.2. The number of hydrogen-bond donors (Lipinski definition) is 1. The van der Waals surface area contributed by atoms with Crippen LogP contribution in [0.5, 0.6) is 5.19 Å². The second-order valence-electron chi connectivity index (χ2n) is 5.75. The highest BCUT2D eigenvalue weighted by Gasteiger charge is 2.21. The van der Waals surface area contributed by atoms with Crippen molar-refractivity contribution < 1.29 is 14.3 Å². The third-order valence-electron chi connectivity index (χ3n) is 3.81. The van der Waals surface area contributed by atoms with Crippen LogP contribution in [0.3, 0.4) is 0 Å². The van der Waals surface area contributed by atoms with E-state index in [0.29, 0.717) is 28.3 Å². The average Bonchev–Trinajstić information content (AvgIpc) is 3.28. The highest BCUT2D eigenvalue weighted by Crippen LogP contribution is 2.28. The zero-order valence-corrected chi connectivity index (χ0v) is 16.6. The van der Waals surface area contributed by atoms with Gasteiger partial charge in [0, 0.05) is 11.8 Å². The summed E-state index contributed by atoms with van der Waals surface area (Å²) < 4.78 is 12.3. The molecule has 2 aromatic heterocycles. The lowest BCUT2D eigenvalue weighted by Gasteiger charge is -2.20. The van der Waals surface area contributed by atoms with Crippen molar-refractivity contribution in [3.05, 3.63) is 35.3 Å². The molecule has 1 unspecified atom stereocenters. The van der Waals surface area contributed by atoms with Gasteiger partial charge in [-0.15, -0.1) is 11.3 Å². The Balaban J connectivity index is 1.55. The summed E-state index contributed by atoms with van der Waals surface area (Å²) in [6.45, 7) is 0.659. The SMILES string of the molecule is Nc1nc(C(=NOC2CCCCO2)C(=S)Oc2nc3ccccc3s2)cs1. The third-order valence-corrected chi connectivity index (χ3v) is 5.68. The normalized spacial score (nSPS) is 17.8. The van der Waals surface area contributed by atoms with Gasteiger partial charge >= 0.3 is 0 Å². The number of nitrogen functional groups attached to an aromatic ring is 1. The van der Waals surface area contributed by atoms with Gasteiger partial charge in [-0.2, -0.15) is 0 Å². The van der Waals surface area contributed by atoms with Crippen LogP contribution in [0.15, 0.2) is 34.8 Å². The summed E-state index contributed by atoms with van der Waals surface area (Å²) in [6, 6.07) is 7.77. The van der Waals surface area contributed by atoms with E-state index < -0.39 is 6.29 Å². The van der Waals surface area contributed by atoms with Crippen molar-refractivity contribution in [3.63, 3.8) is 0 Å². The molecule has 27 heavy (non-hydrogen) atoms. The van der Waals surface area contributed by atoms with Crippen LogP contribution in [0.2, 0.25) is 0 Å². The molecule has 10 heteroatoms. The molecule has 1 saturated heterocycles. The molecule has 1 atom stereocenters. The number of thiocarbonyl (C=S) groups is 1. The Labute approximate surface area is 168 Å². The lowest BCUT2D eigenvalue weighted by Crippen LogP contribution is -2.24. The molecule has 0 bridgehead atoms. The number of hydrogen-bond acceptors (Lipinski definition) is 10. The van der Waals surface area contributed by atoms with Crippen molar-refractivity contribution in [2.75, 3.05) is 12.3 Å². The molecule has 2 N–H and O–H groups in total. The van der Waals surface area contributed by atoms with Gasteiger partial charge in [-0.1, -0.05) is 28.6 Å². The van der Waals surface area contributed by atoms with E-state index in [1.54, 1.807) is 5.38 Å². The molecule has 0 aliphatic carbocycles. The standard InChI is InChI=1S/C17H16N4O3S3/c18-16-19-11(9-26-16)14(21-24-13-7-3-4-8-22-13)15(25)23-17-20-10-5-1-2-6-12(10)27-17/h1-2,5-6,9,13H,3-4,7-8H2,(H2,18,19). The summed E-state index contributed by atoms with van der Waals surface area (Å²) in [5.41, 5.74) is 7.40. The number of nitrogens with two attached hydrogens (primary N) is 1. The molecule has 1 aliphatic heterocycles. The largest absolute Gasteiger partial charge is 0.416 e. The van der Waals surface area contributed by atoms with E-state index in [0.717, 1.165) is 29.5 Å². The predicted molar refractivity (Wildman–Crippen MR) is 111 cm³/mol. The summed E-state index contributed by atoms with van der Waals surface area (Å²) in [6.07, 6.45) is 2.45. The quantitative estimate of drug-likeness (QED) is 0.379. The highest BCUT2D eigenvalue weighted by molar-refractivity contribution is 7.81. The van der Waals surface area contributed by atoms with Gasteiger partial charge in [0.2, 0.25) is 11.3 Å². The predicted octanol–water partition coefficient (Wildman–Crippen LogP) is 3.99. The topological polar surface area (TPSA) is 91.9 Å².